The summed E-state index contributed by atoms with van der Waals surface area (Å²) in [5.74, 6) is -0.929. The van der Waals surface area contributed by atoms with Crippen LogP contribution in [0.2, 0.25) is 5.02 Å². The number of nitrogens with one attached hydrogen (secondary N) is 3. The molecule has 5 amide bonds. The van der Waals surface area contributed by atoms with Gasteiger partial charge in [-0.2, -0.15) is 0 Å². The Morgan fingerprint density at radius 3 is 2.45 bits per heavy atom. The summed E-state index contributed by atoms with van der Waals surface area (Å²) in [4.78, 5) is 70.5. The molecular formula is C38H39ClN8O7S. The minimum Gasteiger partial charge on any atom is -0.483 e. The number of aromatic nitrogens is 3. The molecule has 2 aromatic heterocycles. The second-order valence-electron chi connectivity index (χ2n) is 13.6. The first-order chi connectivity index (χ1) is 26.4. The standard InChI is InChI=1S/C38H39ClN8O7S/c1-19-20(2)55-38-31(19)33(22-9-11-23(39)12-10-22)42-25(34-45-44-21(3)46(34)38)17-29(49)40-15-4-5-16-41-30(50)18-54-27-8-6-7-24-32(27)37(53)47(36(24)52)26-13-14-28(48)43-35(26)51/h6-12,25-26,36,52H,4-5,13-18H2,1-3H3,(H,40,49)(H,41,50)(H,43,48,51)/t25-,26?,36?/m0/s1. The summed E-state index contributed by atoms with van der Waals surface area (Å²) in [5.41, 5.74) is 4.06. The number of nitrogens with zero attached hydrogens (tertiary/aromatic N) is 5. The van der Waals surface area contributed by atoms with E-state index in [1.54, 1.807) is 23.5 Å². The van der Waals surface area contributed by atoms with Crippen LogP contribution in [-0.2, 0) is 19.2 Å². The predicted octanol–water partition coefficient (Wildman–Crippen LogP) is 3.53. The van der Waals surface area contributed by atoms with Crippen LogP contribution in [0.5, 0.6) is 5.75 Å². The third-order valence-electron chi connectivity index (χ3n) is 9.94. The lowest BCUT2D eigenvalue weighted by atomic mass is 9.99. The van der Waals surface area contributed by atoms with Gasteiger partial charge >= 0.3 is 0 Å². The molecule has 5 heterocycles. The third kappa shape index (κ3) is 7.49. The number of imide groups is 1. The van der Waals surface area contributed by atoms with Crippen molar-refractivity contribution in [1.29, 1.82) is 0 Å². The summed E-state index contributed by atoms with van der Waals surface area (Å²) in [7, 11) is 0. The van der Waals surface area contributed by atoms with Gasteiger partial charge in [-0.1, -0.05) is 35.9 Å². The van der Waals surface area contributed by atoms with E-state index in [0.717, 1.165) is 37.2 Å². The number of rotatable bonds is 12. The molecule has 15 nitrogen and oxygen atoms in total. The number of halogens is 1. The summed E-state index contributed by atoms with van der Waals surface area (Å²) in [6.45, 7) is 6.36. The van der Waals surface area contributed by atoms with Gasteiger partial charge in [0.2, 0.25) is 17.7 Å². The molecule has 17 heteroatoms. The first-order valence-electron chi connectivity index (χ1n) is 17.9. The molecule has 3 atom stereocenters. The molecule has 0 aliphatic carbocycles. The van der Waals surface area contributed by atoms with E-state index in [4.69, 9.17) is 21.3 Å². The Hall–Kier alpha value is -5.45. The van der Waals surface area contributed by atoms with Crippen molar-refractivity contribution in [2.24, 2.45) is 4.99 Å². The van der Waals surface area contributed by atoms with E-state index >= 15 is 0 Å². The van der Waals surface area contributed by atoms with Crippen LogP contribution in [0.1, 0.15) is 93.5 Å². The second kappa shape index (κ2) is 15.7. The highest BCUT2D eigenvalue weighted by atomic mass is 35.5. The van der Waals surface area contributed by atoms with Gasteiger partial charge in [-0.25, -0.2) is 0 Å². The molecule has 286 valence electrons. The van der Waals surface area contributed by atoms with Crippen LogP contribution in [0.15, 0.2) is 47.5 Å². The van der Waals surface area contributed by atoms with Gasteiger partial charge in [-0.3, -0.25) is 43.7 Å². The first-order valence-corrected chi connectivity index (χ1v) is 19.1. The number of amides is 5. The number of thiophene rings is 1. The lowest BCUT2D eigenvalue weighted by molar-refractivity contribution is -0.139. The van der Waals surface area contributed by atoms with Gasteiger partial charge in [0.25, 0.3) is 11.8 Å². The molecule has 0 bridgehead atoms. The van der Waals surface area contributed by atoms with Gasteiger partial charge in [0.15, 0.2) is 18.7 Å². The molecule has 55 heavy (non-hydrogen) atoms. The number of benzene rings is 2. The largest absolute Gasteiger partial charge is 0.483 e. The fraction of sp³-hybridized carbons (Fsp3) is 0.368. The van der Waals surface area contributed by atoms with Gasteiger partial charge in [-0.05, 0) is 63.8 Å². The average Bonchev–Trinajstić information content (AvgIpc) is 3.73. The topological polar surface area (TPSA) is 197 Å². The molecule has 1 saturated heterocycles. The van der Waals surface area contributed by atoms with Crippen molar-refractivity contribution in [3.8, 4) is 10.8 Å². The fourth-order valence-corrected chi connectivity index (χ4v) is 8.38. The molecule has 4 N–H and O–H groups in total. The van der Waals surface area contributed by atoms with Gasteiger partial charge in [0.1, 0.15) is 28.7 Å². The molecule has 3 aliphatic rings. The Labute approximate surface area is 325 Å². The van der Waals surface area contributed by atoms with Crippen LogP contribution in [0, 0.1) is 20.8 Å². The number of piperidine rings is 1. The van der Waals surface area contributed by atoms with Gasteiger partial charge < -0.3 is 20.5 Å². The number of aliphatic imine (C=N–C) groups is 1. The number of hydrogen-bond acceptors (Lipinski definition) is 11. The maximum Gasteiger partial charge on any atom is 0.261 e. The summed E-state index contributed by atoms with van der Waals surface area (Å²) in [5, 5.41) is 29.2. The van der Waals surface area contributed by atoms with Gasteiger partial charge in [0, 0.05) is 46.1 Å². The van der Waals surface area contributed by atoms with Crippen LogP contribution in [-0.4, -0.2) is 85.8 Å². The smallest absolute Gasteiger partial charge is 0.261 e. The normalized spacial score (nSPS) is 18.9. The van der Waals surface area contributed by atoms with Crippen molar-refractivity contribution in [3.05, 3.63) is 91.8 Å². The van der Waals surface area contributed by atoms with Crippen molar-refractivity contribution in [1.82, 2.24) is 35.6 Å². The highest BCUT2D eigenvalue weighted by molar-refractivity contribution is 7.15. The Kier molecular flexibility index (Phi) is 10.8. The van der Waals surface area contributed by atoms with E-state index in [2.05, 4.69) is 40.0 Å². The minimum absolute atomic E-state index is 0.0439. The van der Waals surface area contributed by atoms with Crippen molar-refractivity contribution < 1.29 is 33.8 Å². The Bertz CT molecular complexity index is 2230. The fourth-order valence-electron chi connectivity index (χ4n) is 7.04. The number of aryl methyl sites for hydroxylation is 2. The summed E-state index contributed by atoms with van der Waals surface area (Å²) in [6.07, 6.45) is -0.0380. The average molecular weight is 787 g/mol. The predicted molar refractivity (Wildman–Crippen MR) is 202 cm³/mol. The monoisotopic (exact) mass is 786 g/mol. The van der Waals surface area contributed by atoms with E-state index in [-0.39, 0.29) is 48.7 Å². The molecule has 2 aromatic carbocycles. The highest BCUT2D eigenvalue weighted by Crippen LogP contribution is 2.41. The molecule has 0 saturated carbocycles. The zero-order valence-electron chi connectivity index (χ0n) is 30.3. The van der Waals surface area contributed by atoms with E-state index in [9.17, 15) is 29.1 Å². The third-order valence-corrected chi connectivity index (χ3v) is 11.4. The van der Waals surface area contributed by atoms with E-state index in [1.165, 1.54) is 6.07 Å². The maximum atomic E-state index is 13.3. The van der Waals surface area contributed by atoms with Crippen LogP contribution < -0.4 is 20.7 Å². The SMILES string of the molecule is Cc1sc2c(c1C)C(c1ccc(Cl)cc1)=N[C@@H](CC(=O)NCCCCNC(=O)COc1cccc3c1C(=O)N(C1CCC(=O)NC1=O)C3O)c1nnc(C)n1-2. The zero-order valence-corrected chi connectivity index (χ0v) is 31.9. The van der Waals surface area contributed by atoms with Crippen molar-refractivity contribution in [2.45, 2.75) is 71.2 Å². The van der Waals surface area contributed by atoms with Crippen molar-refractivity contribution in [3.63, 3.8) is 0 Å². The van der Waals surface area contributed by atoms with Crippen LogP contribution in [0.3, 0.4) is 0 Å². The van der Waals surface area contributed by atoms with Crippen LogP contribution in [0.25, 0.3) is 5.00 Å². The van der Waals surface area contributed by atoms with Crippen LogP contribution >= 0.6 is 22.9 Å². The first kappa shape index (κ1) is 37.8. The van der Waals surface area contributed by atoms with Crippen molar-refractivity contribution >= 4 is 58.2 Å². The quantitative estimate of drug-likeness (QED) is 0.123. The lowest BCUT2D eigenvalue weighted by Crippen LogP contribution is -2.53. The van der Waals surface area contributed by atoms with Gasteiger partial charge in [-0.15, -0.1) is 21.5 Å². The zero-order chi connectivity index (χ0) is 39.0. The number of fused-ring (bicyclic) bond motifs is 4. The molecular weight excluding hydrogens is 748 g/mol. The Morgan fingerprint density at radius 1 is 1.00 bits per heavy atom. The Morgan fingerprint density at radius 2 is 1.73 bits per heavy atom. The van der Waals surface area contributed by atoms with E-state index in [1.807, 2.05) is 35.8 Å². The molecule has 0 spiro atoms. The van der Waals surface area contributed by atoms with E-state index in [0.29, 0.717) is 42.6 Å². The van der Waals surface area contributed by atoms with Gasteiger partial charge in [0.05, 0.1) is 17.7 Å². The van der Waals surface area contributed by atoms with Crippen molar-refractivity contribution in [2.75, 3.05) is 19.7 Å². The number of unbranched alkanes of at least 4 members (excludes halogenated alkanes) is 1. The number of aliphatic hydroxyl groups is 1. The number of aliphatic hydroxyl groups excluding tert-OH is 1. The summed E-state index contributed by atoms with van der Waals surface area (Å²) < 4.78 is 7.68. The molecule has 4 aromatic rings. The van der Waals surface area contributed by atoms with Crippen LogP contribution in [0.4, 0.5) is 0 Å². The Balaban J connectivity index is 0.905. The molecule has 0 radical (unpaired) electrons. The number of ether oxygens (including phenoxy) is 1. The summed E-state index contributed by atoms with van der Waals surface area (Å²) in [6, 6.07) is 10.5. The number of carbonyl (C=O) groups excluding carboxylic acids is 5. The highest BCUT2D eigenvalue weighted by Gasteiger charge is 2.46. The molecule has 7 rings (SSSR count). The molecule has 1 fully saturated rings. The van der Waals surface area contributed by atoms with E-state index < -0.39 is 41.9 Å². The maximum absolute atomic E-state index is 13.3. The number of hydrogen-bond donors (Lipinski definition) is 4. The second-order valence-corrected chi connectivity index (χ2v) is 15.2. The molecule has 2 unspecified atom stereocenters. The molecule has 3 aliphatic heterocycles. The number of carbonyl (C=O) groups is 5. The minimum atomic E-state index is -1.40. The summed E-state index contributed by atoms with van der Waals surface area (Å²) >= 11 is 7.85. The lowest BCUT2D eigenvalue weighted by Gasteiger charge is -2.31.